The van der Waals surface area contributed by atoms with Gasteiger partial charge in [0.05, 0.1) is 0 Å². The van der Waals surface area contributed by atoms with Crippen molar-refractivity contribution < 1.29 is 5.11 Å². The number of rotatable bonds is 9. The fraction of sp³-hybridized carbons (Fsp3) is 0.647. The number of phenolic OH excluding ortho intramolecular Hbond substituents is 1. The molecule has 0 aromatic heterocycles. The minimum Gasteiger partial charge on any atom is -0.508 e. The second-order valence-corrected chi connectivity index (χ2v) is 5.72. The molecule has 1 aromatic carbocycles. The topological polar surface area (TPSA) is 20.2 Å². The van der Waals surface area contributed by atoms with Crippen molar-refractivity contribution in [1.82, 2.24) is 0 Å². The maximum Gasteiger partial charge on any atom is 0.115 e. The van der Waals surface area contributed by atoms with Crippen LogP contribution in [0.1, 0.15) is 64.4 Å². The number of phenols is 1. The Morgan fingerprint density at radius 1 is 0.833 bits per heavy atom. The van der Waals surface area contributed by atoms with Gasteiger partial charge in [-0.05, 0) is 36.5 Å². The summed E-state index contributed by atoms with van der Waals surface area (Å²) < 4.78 is 0. The fourth-order valence-electron chi connectivity index (χ4n) is 2.25. The van der Waals surface area contributed by atoms with Crippen LogP contribution < -0.4 is 0 Å². The molecule has 0 aliphatic heterocycles. The van der Waals surface area contributed by atoms with E-state index >= 15 is 0 Å². The lowest BCUT2D eigenvalue weighted by Crippen LogP contribution is -1.88. The summed E-state index contributed by atoms with van der Waals surface area (Å²) in [5.74, 6) is 1.23. The van der Waals surface area contributed by atoms with Gasteiger partial charge in [0, 0.05) is 0 Å². The van der Waals surface area contributed by atoms with E-state index in [1.165, 1.54) is 50.5 Å². The number of hydrogen-bond donors (Lipinski definition) is 1. The van der Waals surface area contributed by atoms with Crippen molar-refractivity contribution in [3.05, 3.63) is 29.8 Å². The molecule has 0 atom stereocenters. The van der Waals surface area contributed by atoms with Crippen molar-refractivity contribution in [3.63, 3.8) is 0 Å². The number of aromatic hydroxyl groups is 1. The Kier molecular flexibility index (Phi) is 7.55. The van der Waals surface area contributed by atoms with Crippen molar-refractivity contribution in [2.75, 3.05) is 0 Å². The molecular weight excluding hydrogens is 220 g/mol. The molecule has 0 fully saturated rings. The Morgan fingerprint density at radius 3 is 2.00 bits per heavy atom. The summed E-state index contributed by atoms with van der Waals surface area (Å²) in [6.07, 6.45) is 10.7. The van der Waals surface area contributed by atoms with E-state index in [9.17, 15) is 5.11 Å². The minimum absolute atomic E-state index is 0.365. The van der Waals surface area contributed by atoms with Gasteiger partial charge in [0.2, 0.25) is 0 Å². The molecule has 0 spiro atoms. The molecule has 0 radical (unpaired) electrons. The first-order valence-corrected chi connectivity index (χ1v) is 7.46. The minimum atomic E-state index is 0.365. The summed E-state index contributed by atoms with van der Waals surface area (Å²) in [5, 5.41) is 9.19. The van der Waals surface area contributed by atoms with Gasteiger partial charge in [-0.1, -0.05) is 64.5 Å². The molecule has 0 unspecified atom stereocenters. The molecule has 0 saturated carbocycles. The van der Waals surface area contributed by atoms with Crippen molar-refractivity contribution in [2.24, 2.45) is 5.92 Å². The molecule has 1 rings (SSSR count). The standard InChI is InChI=1S/C17H28O/c1-15(2)9-7-5-3-4-6-8-10-16-11-13-17(18)14-12-16/h11-15,18H,3-10H2,1-2H3. The van der Waals surface area contributed by atoms with Crippen LogP contribution >= 0.6 is 0 Å². The van der Waals surface area contributed by atoms with Crippen LogP contribution in [0.15, 0.2) is 24.3 Å². The Bertz CT molecular complexity index is 300. The summed E-state index contributed by atoms with van der Waals surface area (Å²) in [7, 11) is 0. The van der Waals surface area contributed by atoms with Crippen LogP contribution in [-0.2, 0) is 6.42 Å². The Morgan fingerprint density at radius 2 is 1.39 bits per heavy atom. The molecule has 1 N–H and O–H groups in total. The van der Waals surface area contributed by atoms with Gasteiger partial charge < -0.3 is 5.11 Å². The molecule has 1 nitrogen and oxygen atoms in total. The van der Waals surface area contributed by atoms with Crippen LogP contribution in [0, 0.1) is 5.92 Å². The molecular formula is C17H28O. The Labute approximate surface area is 112 Å². The lowest BCUT2D eigenvalue weighted by Gasteiger charge is -2.04. The number of aryl methyl sites for hydroxylation is 1. The first kappa shape index (κ1) is 15.1. The zero-order valence-corrected chi connectivity index (χ0v) is 12.0. The van der Waals surface area contributed by atoms with E-state index < -0.39 is 0 Å². The molecule has 0 bridgehead atoms. The summed E-state index contributed by atoms with van der Waals surface area (Å²) >= 11 is 0. The second kappa shape index (κ2) is 9.02. The van der Waals surface area contributed by atoms with E-state index in [0.717, 1.165) is 12.3 Å². The number of benzene rings is 1. The normalized spacial score (nSPS) is 11.1. The average molecular weight is 248 g/mol. The third kappa shape index (κ3) is 7.37. The second-order valence-electron chi connectivity index (χ2n) is 5.72. The molecule has 0 aliphatic carbocycles. The van der Waals surface area contributed by atoms with Crippen LogP contribution in [0.25, 0.3) is 0 Å². The van der Waals surface area contributed by atoms with Crippen LogP contribution in [0.3, 0.4) is 0 Å². The first-order valence-electron chi connectivity index (χ1n) is 7.46. The van der Waals surface area contributed by atoms with E-state index in [1.54, 1.807) is 12.1 Å². The van der Waals surface area contributed by atoms with Crippen molar-refractivity contribution in [2.45, 2.75) is 65.2 Å². The van der Waals surface area contributed by atoms with Gasteiger partial charge in [-0.25, -0.2) is 0 Å². The summed E-state index contributed by atoms with van der Waals surface area (Å²) in [4.78, 5) is 0. The van der Waals surface area contributed by atoms with E-state index in [1.807, 2.05) is 12.1 Å². The van der Waals surface area contributed by atoms with Gasteiger partial charge in [0.1, 0.15) is 5.75 Å². The highest BCUT2D eigenvalue weighted by Gasteiger charge is 1.96. The van der Waals surface area contributed by atoms with Crippen LogP contribution in [-0.4, -0.2) is 5.11 Å². The zero-order valence-electron chi connectivity index (χ0n) is 12.0. The van der Waals surface area contributed by atoms with E-state index in [4.69, 9.17) is 0 Å². The number of hydrogen-bond acceptors (Lipinski definition) is 1. The van der Waals surface area contributed by atoms with Crippen LogP contribution in [0.2, 0.25) is 0 Å². The first-order chi connectivity index (χ1) is 8.68. The van der Waals surface area contributed by atoms with Crippen molar-refractivity contribution >= 4 is 0 Å². The zero-order chi connectivity index (χ0) is 13.2. The van der Waals surface area contributed by atoms with Gasteiger partial charge >= 0.3 is 0 Å². The smallest absolute Gasteiger partial charge is 0.115 e. The monoisotopic (exact) mass is 248 g/mol. The summed E-state index contributed by atoms with van der Waals surface area (Å²) in [6.45, 7) is 4.61. The van der Waals surface area contributed by atoms with Crippen molar-refractivity contribution in [3.8, 4) is 5.75 Å². The maximum absolute atomic E-state index is 9.19. The highest BCUT2D eigenvalue weighted by Crippen LogP contribution is 2.14. The predicted octanol–water partition coefficient (Wildman–Crippen LogP) is 5.32. The third-order valence-electron chi connectivity index (χ3n) is 3.43. The van der Waals surface area contributed by atoms with E-state index in [2.05, 4.69) is 13.8 Å². The third-order valence-corrected chi connectivity index (χ3v) is 3.43. The van der Waals surface area contributed by atoms with Crippen LogP contribution in [0.4, 0.5) is 0 Å². The van der Waals surface area contributed by atoms with Gasteiger partial charge in [0.25, 0.3) is 0 Å². The fourth-order valence-corrected chi connectivity index (χ4v) is 2.25. The van der Waals surface area contributed by atoms with Crippen LogP contribution in [0.5, 0.6) is 5.75 Å². The van der Waals surface area contributed by atoms with E-state index in [-0.39, 0.29) is 0 Å². The highest BCUT2D eigenvalue weighted by atomic mass is 16.3. The molecule has 0 aliphatic rings. The predicted molar refractivity (Wildman–Crippen MR) is 79.0 cm³/mol. The molecule has 102 valence electrons. The summed E-state index contributed by atoms with van der Waals surface area (Å²) in [5.41, 5.74) is 1.34. The highest BCUT2D eigenvalue weighted by molar-refractivity contribution is 5.25. The van der Waals surface area contributed by atoms with E-state index in [0.29, 0.717) is 5.75 Å². The molecule has 0 saturated heterocycles. The largest absolute Gasteiger partial charge is 0.508 e. The molecule has 0 amide bonds. The van der Waals surface area contributed by atoms with Gasteiger partial charge in [-0.2, -0.15) is 0 Å². The average Bonchev–Trinajstić information content (AvgIpc) is 2.34. The Balaban J connectivity index is 1.94. The van der Waals surface area contributed by atoms with Gasteiger partial charge in [-0.15, -0.1) is 0 Å². The summed E-state index contributed by atoms with van der Waals surface area (Å²) in [6, 6.07) is 7.61. The number of unbranched alkanes of at least 4 members (excludes halogenated alkanes) is 5. The maximum atomic E-state index is 9.19. The molecule has 0 heterocycles. The van der Waals surface area contributed by atoms with Gasteiger partial charge in [0.15, 0.2) is 0 Å². The lowest BCUT2D eigenvalue weighted by molar-refractivity contribution is 0.475. The lowest BCUT2D eigenvalue weighted by atomic mass is 10.0. The van der Waals surface area contributed by atoms with Gasteiger partial charge in [-0.3, -0.25) is 0 Å². The van der Waals surface area contributed by atoms with Crippen molar-refractivity contribution in [1.29, 1.82) is 0 Å². The molecule has 1 heteroatoms. The molecule has 1 aromatic rings. The Hall–Kier alpha value is -0.980. The SMILES string of the molecule is CC(C)CCCCCCCCc1ccc(O)cc1. The molecule has 18 heavy (non-hydrogen) atoms. The quantitative estimate of drug-likeness (QED) is 0.586.